The highest BCUT2D eigenvalue weighted by Gasteiger charge is 2.31. The fraction of sp³-hybridized carbons (Fsp3) is 0.345. The summed E-state index contributed by atoms with van der Waals surface area (Å²) in [4.78, 5) is 14.2. The molecule has 0 heterocycles. The largest absolute Gasteiger partial charge is 0.492 e. The second kappa shape index (κ2) is 11.6. The normalized spacial score (nSPS) is 15.0. The van der Waals surface area contributed by atoms with Gasteiger partial charge in [-0.15, -0.1) is 0 Å². The Labute approximate surface area is 193 Å². The highest BCUT2D eigenvalue weighted by Crippen LogP contribution is 2.41. The van der Waals surface area contributed by atoms with Crippen LogP contribution in [-0.2, 0) is 4.79 Å². The number of aldehydes is 1. The van der Waals surface area contributed by atoms with Crippen molar-refractivity contribution < 1.29 is 9.53 Å². The summed E-state index contributed by atoms with van der Waals surface area (Å²) in [6.45, 7) is 6.02. The van der Waals surface area contributed by atoms with E-state index in [1.54, 1.807) is 0 Å². The second-order valence-electron chi connectivity index (χ2n) is 8.90. The summed E-state index contributed by atoms with van der Waals surface area (Å²) in [7, 11) is 4.09. The van der Waals surface area contributed by atoms with Crippen LogP contribution in [0.15, 0.2) is 84.9 Å². The van der Waals surface area contributed by atoms with Crippen LogP contribution in [0.5, 0.6) is 5.75 Å². The Balaban J connectivity index is 1.87. The average Bonchev–Trinajstić information content (AvgIpc) is 2.82. The molecule has 3 nitrogen and oxygen atoms in total. The van der Waals surface area contributed by atoms with Gasteiger partial charge in [0.1, 0.15) is 18.6 Å². The summed E-state index contributed by atoms with van der Waals surface area (Å²) in [6, 6.07) is 29.2. The molecule has 168 valence electrons. The van der Waals surface area contributed by atoms with Gasteiger partial charge in [-0.3, -0.25) is 0 Å². The predicted octanol–water partition coefficient (Wildman–Crippen LogP) is 6.01. The van der Waals surface area contributed by atoms with Gasteiger partial charge < -0.3 is 14.4 Å². The van der Waals surface area contributed by atoms with Crippen LogP contribution in [0.2, 0.25) is 0 Å². The fourth-order valence-corrected chi connectivity index (χ4v) is 4.39. The number of hydrogen-bond acceptors (Lipinski definition) is 3. The number of rotatable bonds is 11. The van der Waals surface area contributed by atoms with Crippen molar-refractivity contribution in [2.24, 2.45) is 11.8 Å². The molecular formula is C29H35NO2. The number of benzene rings is 3. The number of nitrogens with zero attached hydrogens (tertiary/aromatic N) is 1. The van der Waals surface area contributed by atoms with E-state index in [1.165, 1.54) is 11.1 Å². The van der Waals surface area contributed by atoms with E-state index in [0.717, 1.165) is 24.1 Å². The maximum absolute atomic E-state index is 12.1. The zero-order valence-corrected chi connectivity index (χ0v) is 19.6. The zero-order valence-electron chi connectivity index (χ0n) is 19.6. The Morgan fingerprint density at radius 1 is 0.750 bits per heavy atom. The molecule has 0 aromatic heterocycles. The third kappa shape index (κ3) is 6.08. The number of ether oxygens (including phenoxy) is 1. The summed E-state index contributed by atoms with van der Waals surface area (Å²) in [6.07, 6.45) is 1.11. The molecular weight excluding hydrogens is 394 g/mol. The van der Waals surface area contributed by atoms with Gasteiger partial charge in [-0.05, 0) is 54.8 Å². The Bertz CT molecular complexity index is 938. The standard InChI is InChI=1S/C29H35NO2/c1-22(28(21-31)24-11-7-5-8-12-24)23(2)29(25-13-9-6-10-14-25)26-15-17-27(18-16-26)32-20-19-30(3)4/h5-18,21-23,28-29H,19-20H2,1-4H3. The predicted molar refractivity (Wildman–Crippen MR) is 132 cm³/mol. The molecule has 0 fully saturated rings. The van der Waals surface area contributed by atoms with E-state index >= 15 is 0 Å². The summed E-state index contributed by atoms with van der Waals surface area (Å²) in [5.41, 5.74) is 3.59. The Kier molecular flexibility index (Phi) is 8.64. The molecule has 0 aliphatic heterocycles. The van der Waals surface area contributed by atoms with Gasteiger partial charge in [0.25, 0.3) is 0 Å². The lowest BCUT2D eigenvalue weighted by molar-refractivity contribution is -0.110. The molecule has 0 bridgehead atoms. The number of carbonyl (C=O) groups is 1. The van der Waals surface area contributed by atoms with Crippen LogP contribution in [0, 0.1) is 11.8 Å². The monoisotopic (exact) mass is 429 g/mol. The van der Waals surface area contributed by atoms with E-state index in [9.17, 15) is 4.79 Å². The van der Waals surface area contributed by atoms with Crippen LogP contribution in [0.25, 0.3) is 0 Å². The molecule has 3 rings (SSSR count). The Morgan fingerprint density at radius 3 is 1.81 bits per heavy atom. The molecule has 0 radical (unpaired) electrons. The van der Waals surface area contributed by atoms with Gasteiger partial charge in [0.2, 0.25) is 0 Å². The zero-order chi connectivity index (χ0) is 22.9. The molecule has 3 aromatic rings. The van der Waals surface area contributed by atoms with E-state index in [0.29, 0.717) is 6.61 Å². The Hall–Kier alpha value is -2.91. The first kappa shape index (κ1) is 23.7. The summed E-state index contributed by atoms with van der Waals surface area (Å²) < 4.78 is 5.89. The lowest BCUT2D eigenvalue weighted by Crippen LogP contribution is -2.25. The van der Waals surface area contributed by atoms with Crippen molar-refractivity contribution in [3.63, 3.8) is 0 Å². The van der Waals surface area contributed by atoms with Gasteiger partial charge >= 0.3 is 0 Å². The van der Waals surface area contributed by atoms with Gasteiger partial charge in [-0.2, -0.15) is 0 Å². The van der Waals surface area contributed by atoms with Gasteiger partial charge in [0, 0.05) is 18.4 Å². The number of likely N-dealkylation sites (N-methyl/N-ethyl adjacent to an activating group) is 1. The molecule has 32 heavy (non-hydrogen) atoms. The van der Waals surface area contributed by atoms with E-state index in [-0.39, 0.29) is 23.7 Å². The summed E-state index contributed by atoms with van der Waals surface area (Å²) in [5.74, 6) is 1.38. The molecule has 4 unspecified atom stereocenters. The smallest absolute Gasteiger partial charge is 0.127 e. The minimum atomic E-state index is -0.133. The van der Waals surface area contributed by atoms with Crippen molar-refractivity contribution in [3.05, 3.63) is 102 Å². The van der Waals surface area contributed by atoms with E-state index < -0.39 is 0 Å². The van der Waals surface area contributed by atoms with Crippen molar-refractivity contribution in [2.45, 2.75) is 25.7 Å². The fourth-order valence-electron chi connectivity index (χ4n) is 4.39. The Morgan fingerprint density at radius 2 is 1.28 bits per heavy atom. The van der Waals surface area contributed by atoms with Crippen LogP contribution >= 0.6 is 0 Å². The first-order valence-electron chi connectivity index (χ1n) is 11.4. The molecule has 0 spiro atoms. The maximum Gasteiger partial charge on any atom is 0.127 e. The highest BCUT2D eigenvalue weighted by molar-refractivity contribution is 5.62. The third-order valence-corrected chi connectivity index (χ3v) is 6.46. The van der Waals surface area contributed by atoms with Gasteiger partial charge in [-0.1, -0.05) is 86.6 Å². The van der Waals surface area contributed by atoms with E-state index in [2.05, 4.69) is 85.5 Å². The first-order valence-corrected chi connectivity index (χ1v) is 11.4. The molecule has 0 aliphatic carbocycles. The van der Waals surface area contributed by atoms with E-state index in [1.807, 2.05) is 32.3 Å². The molecule has 0 amide bonds. The maximum atomic E-state index is 12.1. The SMILES string of the molecule is CC(C(C=O)c1ccccc1)C(C)C(c1ccccc1)c1ccc(OCCN(C)C)cc1. The quantitative estimate of drug-likeness (QED) is 0.349. The molecule has 0 saturated carbocycles. The topological polar surface area (TPSA) is 29.5 Å². The molecule has 0 aliphatic rings. The van der Waals surface area contributed by atoms with Crippen LogP contribution in [0.4, 0.5) is 0 Å². The summed E-state index contributed by atoms with van der Waals surface area (Å²) in [5, 5.41) is 0. The van der Waals surface area contributed by atoms with Crippen molar-refractivity contribution in [2.75, 3.05) is 27.2 Å². The molecule has 0 saturated heterocycles. The van der Waals surface area contributed by atoms with Crippen molar-refractivity contribution in [3.8, 4) is 5.75 Å². The van der Waals surface area contributed by atoms with Crippen molar-refractivity contribution in [1.29, 1.82) is 0 Å². The first-order chi connectivity index (χ1) is 15.5. The van der Waals surface area contributed by atoms with Crippen molar-refractivity contribution >= 4 is 6.29 Å². The molecule has 3 aromatic carbocycles. The minimum Gasteiger partial charge on any atom is -0.492 e. The third-order valence-electron chi connectivity index (χ3n) is 6.46. The van der Waals surface area contributed by atoms with Gasteiger partial charge in [0.15, 0.2) is 0 Å². The molecule has 4 atom stereocenters. The number of hydrogen-bond donors (Lipinski definition) is 0. The van der Waals surface area contributed by atoms with E-state index in [4.69, 9.17) is 4.74 Å². The van der Waals surface area contributed by atoms with Gasteiger partial charge in [0.05, 0.1) is 0 Å². The van der Waals surface area contributed by atoms with Crippen LogP contribution in [-0.4, -0.2) is 38.4 Å². The summed E-state index contributed by atoms with van der Waals surface area (Å²) >= 11 is 0. The number of carbonyl (C=O) groups excluding carboxylic acids is 1. The average molecular weight is 430 g/mol. The van der Waals surface area contributed by atoms with Crippen LogP contribution < -0.4 is 4.74 Å². The molecule has 3 heteroatoms. The second-order valence-corrected chi connectivity index (χ2v) is 8.90. The molecule has 0 N–H and O–H groups in total. The van der Waals surface area contributed by atoms with Crippen molar-refractivity contribution in [1.82, 2.24) is 4.90 Å². The highest BCUT2D eigenvalue weighted by atomic mass is 16.5. The lowest BCUT2D eigenvalue weighted by Gasteiger charge is -2.33. The van der Waals surface area contributed by atoms with Gasteiger partial charge in [-0.25, -0.2) is 0 Å². The van der Waals surface area contributed by atoms with Crippen LogP contribution in [0.3, 0.4) is 0 Å². The minimum absolute atomic E-state index is 0.133. The lowest BCUT2D eigenvalue weighted by atomic mass is 9.70. The van der Waals surface area contributed by atoms with Crippen LogP contribution in [0.1, 0.15) is 42.4 Å².